The van der Waals surface area contributed by atoms with Crippen LogP contribution in [0.1, 0.15) is 18.5 Å². The Kier molecular flexibility index (Phi) is 5.07. The minimum atomic E-state index is 0.256. The number of rotatable bonds is 5. The average Bonchev–Trinajstić information content (AvgIpc) is 3.16. The van der Waals surface area contributed by atoms with Crippen molar-refractivity contribution < 1.29 is 0 Å². The van der Waals surface area contributed by atoms with Crippen LogP contribution in [0.2, 0.25) is 0 Å². The summed E-state index contributed by atoms with van der Waals surface area (Å²) in [4.78, 5) is 17.2. The van der Waals surface area contributed by atoms with E-state index < -0.39 is 0 Å². The number of aromatic nitrogens is 6. The van der Waals surface area contributed by atoms with E-state index in [1.165, 1.54) is 12.4 Å². The van der Waals surface area contributed by atoms with Crippen molar-refractivity contribution in [3.05, 3.63) is 36.7 Å². The Morgan fingerprint density at radius 3 is 2.68 bits per heavy atom. The molecule has 0 atom stereocenters. The van der Waals surface area contributed by atoms with Crippen molar-refractivity contribution in [3.8, 4) is 17.2 Å². The maximum Gasteiger partial charge on any atom is 0.230 e. The molecule has 0 bridgehead atoms. The molecule has 0 saturated carbocycles. The Balaban J connectivity index is 1.62. The molecule has 0 spiro atoms. The fourth-order valence-electron chi connectivity index (χ4n) is 3.05. The van der Waals surface area contributed by atoms with Crippen molar-refractivity contribution >= 4 is 17.6 Å². The molecule has 4 rings (SSSR count). The van der Waals surface area contributed by atoms with Gasteiger partial charge in [0.1, 0.15) is 11.9 Å². The number of nitrogens with zero attached hydrogens (tertiary/aromatic N) is 7. The van der Waals surface area contributed by atoms with E-state index in [0.29, 0.717) is 17.8 Å². The average molecular weight is 376 g/mol. The highest BCUT2D eigenvalue weighted by molar-refractivity contribution is 5.75. The molecule has 1 aliphatic rings. The second kappa shape index (κ2) is 7.98. The molecule has 0 unspecified atom stereocenters. The van der Waals surface area contributed by atoms with Crippen molar-refractivity contribution in [2.24, 2.45) is 7.05 Å². The lowest BCUT2D eigenvalue weighted by Gasteiger charge is -2.25. The van der Waals surface area contributed by atoms with E-state index in [2.05, 4.69) is 41.0 Å². The number of piperidine rings is 1. The van der Waals surface area contributed by atoms with Crippen LogP contribution in [0.5, 0.6) is 0 Å². The molecule has 3 aromatic heterocycles. The zero-order chi connectivity index (χ0) is 19.3. The Morgan fingerprint density at radius 1 is 1.14 bits per heavy atom. The number of hydrogen-bond acceptors (Lipinski definition) is 9. The number of anilines is 3. The van der Waals surface area contributed by atoms with E-state index >= 15 is 0 Å². The second-order valence-corrected chi connectivity index (χ2v) is 6.55. The van der Waals surface area contributed by atoms with Crippen LogP contribution in [0.15, 0.2) is 31.0 Å². The number of aryl methyl sites for hydroxylation is 1. The van der Waals surface area contributed by atoms with Gasteiger partial charge in [-0.1, -0.05) is 0 Å². The molecule has 0 aromatic carbocycles. The van der Waals surface area contributed by atoms with E-state index in [1.807, 2.05) is 19.3 Å². The maximum atomic E-state index is 8.83. The molecule has 3 aromatic rings. The molecular formula is C18H20N10. The summed E-state index contributed by atoms with van der Waals surface area (Å²) >= 11 is 0. The van der Waals surface area contributed by atoms with Crippen molar-refractivity contribution in [2.75, 3.05) is 23.7 Å². The fourth-order valence-corrected chi connectivity index (χ4v) is 3.05. The topological polar surface area (TPSA) is 129 Å². The summed E-state index contributed by atoms with van der Waals surface area (Å²) in [6.45, 7) is 1.97. The maximum absolute atomic E-state index is 8.83. The first-order valence-corrected chi connectivity index (χ1v) is 9.04. The smallest absolute Gasteiger partial charge is 0.230 e. The normalized spacial score (nSPS) is 14.4. The minimum absolute atomic E-state index is 0.256. The SMILES string of the molecule is Cn1cc(-c2cnc(Nc3cnc(C#N)cn3)nc2NC2CCNCC2)cn1. The van der Waals surface area contributed by atoms with Gasteiger partial charge in [0, 0.05) is 36.6 Å². The lowest BCUT2D eigenvalue weighted by atomic mass is 10.1. The summed E-state index contributed by atoms with van der Waals surface area (Å²) < 4.78 is 1.75. The standard InChI is InChI=1S/C18H20N10/c1-28-11-12(7-24-28)15-9-23-18(26-16-10-21-14(6-19)8-22-16)27-17(15)25-13-2-4-20-5-3-13/h7-11,13,20H,2-5H2,1H3,(H2,22,23,25,26,27). The van der Waals surface area contributed by atoms with Crippen molar-refractivity contribution in [2.45, 2.75) is 18.9 Å². The van der Waals surface area contributed by atoms with Gasteiger partial charge in [-0.25, -0.2) is 15.0 Å². The van der Waals surface area contributed by atoms with E-state index in [1.54, 1.807) is 17.1 Å². The van der Waals surface area contributed by atoms with Crippen LogP contribution in [0.4, 0.5) is 17.6 Å². The molecule has 1 fully saturated rings. The third kappa shape index (κ3) is 4.05. The van der Waals surface area contributed by atoms with E-state index in [4.69, 9.17) is 5.26 Å². The predicted octanol–water partition coefficient (Wildman–Crippen LogP) is 1.45. The van der Waals surface area contributed by atoms with Gasteiger partial charge < -0.3 is 16.0 Å². The molecule has 0 aliphatic carbocycles. The van der Waals surface area contributed by atoms with Crippen molar-refractivity contribution in [1.82, 2.24) is 35.0 Å². The summed E-state index contributed by atoms with van der Waals surface area (Å²) in [5.41, 5.74) is 2.10. The van der Waals surface area contributed by atoms with E-state index in [-0.39, 0.29) is 5.69 Å². The molecule has 3 N–H and O–H groups in total. The van der Waals surface area contributed by atoms with Gasteiger partial charge in [-0.05, 0) is 25.9 Å². The highest BCUT2D eigenvalue weighted by Crippen LogP contribution is 2.28. The quantitative estimate of drug-likeness (QED) is 0.605. The van der Waals surface area contributed by atoms with Crippen LogP contribution < -0.4 is 16.0 Å². The van der Waals surface area contributed by atoms with E-state index in [0.717, 1.165) is 42.9 Å². The van der Waals surface area contributed by atoms with Crippen LogP contribution in [0.3, 0.4) is 0 Å². The minimum Gasteiger partial charge on any atom is -0.367 e. The third-order valence-electron chi connectivity index (χ3n) is 4.49. The van der Waals surface area contributed by atoms with Gasteiger partial charge in [-0.3, -0.25) is 4.68 Å². The first-order valence-electron chi connectivity index (χ1n) is 9.04. The second-order valence-electron chi connectivity index (χ2n) is 6.55. The molecule has 1 saturated heterocycles. The van der Waals surface area contributed by atoms with Gasteiger partial charge in [-0.15, -0.1) is 0 Å². The molecule has 28 heavy (non-hydrogen) atoms. The molecular weight excluding hydrogens is 356 g/mol. The van der Waals surface area contributed by atoms with Gasteiger partial charge in [0.15, 0.2) is 11.5 Å². The molecule has 10 nitrogen and oxygen atoms in total. The molecule has 4 heterocycles. The summed E-state index contributed by atoms with van der Waals surface area (Å²) in [6.07, 6.45) is 10.4. The van der Waals surface area contributed by atoms with Gasteiger partial charge in [0.05, 0.1) is 18.6 Å². The van der Waals surface area contributed by atoms with Crippen molar-refractivity contribution in [3.63, 3.8) is 0 Å². The molecule has 142 valence electrons. The monoisotopic (exact) mass is 376 g/mol. The zero-order valence-electron chi connectivity index (χ0n) is 15.4. The molecule has 10 heteroatoms. The molecule has 1 aliphatic heterocycles. The lowest BCUT2D eigenvalue weighted by molar-refractivity contribution is 0.478. The summed E-state index contributed by atoms with van der Waals surface area (Å²) in [5, 5.41) is 23.0. The fraction of sp³-hybridized carbons (Fsp3) is 0.333. The van der Waals surface area contributed by atoms with E-state index in [9.17, 15) is 0 Å². The first-order chi connectivity index (χ1) is 13.7. The Bertz CT molecular complexity index is 982. The Hall–Kier alpha value is -3.58. The van der Waals surface area contributed by atoms with Crippen molar-refractivity contribution in [1.29, 1.82) is 5.26 Å². The van der Waals surface area contributed by atoms with Gasteiger partial charge in [0.2, 0.25) is 5.95 Å². The molecule has 0 radical (unpaired) electrons. The highest BCUT2D eigenvalue weighted by Gasteiger charge is 2.17. The summed E-state index contributed by atoms with van der Waals surface area (Å²) in [7, 11) is 1.88. The molecule has 0 amide bonds. The largest absolute Gasteiger partial charge is 0.367 e. The highest BCUT2D eigenvalue weighted by atomic mass is 15.2. The van der Waals surface area contributed by atoms with Crippen LogP contribution >= 0.6 is 0 Å². The number of nitriles is 1. The zero-order valence-corrected chi connectivity index (χ0v) is 15.4. The first kappa shape index (κ1) is 17.8. The lowest BCUT2D eigenvalue weighted by Crippen LogP contribution is -2.35. The Morgan fingerprint density at radius 2 is 2.00 bits per heavy atom. The van der Waals surface area contributed by atoms with Gasteiger partial charge in [0.25, 0.3) is 0 Å². The summed E-state index contributed by atoms with van der Waals surface area (Å²) in [6, 6.07) is 2.29. The van der Waals surface area contributed by atoms with Crippen LogP contribution in [-0.4, -0.2) is 48.8 Å². The van der Waals surface area contributed by atoms with Crippen LogP contribution in [0.25, 0.3) is 11.1 Å². The van der Waals surface area contributed by atoms with Crippen LogP contribution in [-0.2, 0) is 7.05 Å². The van der Waals surface area contributed by atoms with Gasteiger partial charge >= 0.3 is 0 Å². The predicted molar refractivity (Wildman–Crippen MR) is 104 cm³/mol. The third-order valence-corrected chi connectivity index (χ3v) is 4.49. The van der Waals surface area contributed by atoms with Gasteiger partial charge in [-0.2, -0.15) is 15.3 Å². The number of hydrogen-bond donors (Lipinski definition) is 3. The summed E-state index contributed by atoms with van der Waals surface area (Å²) in [5.74, 6) is 1.63. The van der Waals surface area contributed by atoms with Crippen LogP contribution in [0, 0.1) is 11.3 Å². The Labute approximate surface area is 162 Å². The number of nitrogens with one attached hydrogen (secondary N) is 3.